The zero-order valence-corrected chi connectivity index (χ0v) is 13.3. The van der Waals surface area contributed by atoms with E-state index in [0.717, 1.165) is 19.3 Å². The fourth-order valence-electron chi connectivity index (χ4n) is 4.91. The Balaban J connectivity index is 1.72. The summed E-state index contributed by atoms with van der Waals surface area (Å²) in [4.78, 5) is 23.9. The second-order valence-electron chi connectivity index (χ2n) is 7.35. The molecule has 7 heteroatoms. The summed E-state index contributed by atoms with van der Waals surface area (Å²) < 4.78 is 41.3. The largest absolute Gasteiger partial charge is 0.457 e. The first-order chi connectivity index (χ1) is 10.7. The Kier molecular flexibility index (Phi) is 4.11. The first kappa shape index (κ1) is 16.6. The molecule has 4 fully saturated rings. The van der Waals surface area contributed by atoms with Crippen molar-refractivity contribution < 1.29 is 32.6 Å². The van der Waals surface area contributed by atoms with Crippen LogP contribution in [0.5, 0.6) is 0 Å². The second kappa shape index (κ2) is 5.69. The molecule has 0 radical (unpaired) electrons. The van der Waals surface area contributed by atoms with Gasteiger partial charge in [-0.2, -0.15) is 8.78 Å². The molecule has 0 spiro atoms. The van der Waals surface area contributed by atoms with Crippen molar-refractivity contribution in [3.05, 3.63) is 0 Å². The number of esters is 2. The van der Waals surface area contributed by atoms with Crippen LogP contribution in [-0.4, -0.2) is 37.9 Å². The lowest BCUT2D eigenvalue weighted by Crippen LogP contribution is -2.58. The summed E-state index contributed by atoms with van der Waals surface area (Å²) in [6.07, 6.45) is 2.98. The zero-order chi connectivity index (χ0) is 16.8. The fraction of sp³-hybridized carbons (Fsp3) is 0.875. The van der Waals surface area contributed by atoms with Gasteiger partial charge in [0.2, 0.25) is 0 Å². The van der Waals surface area contributed by atoms with Crippen LogP contribution in [0.3, 0.4) is 0 Å². The monoisotopic (exact) mass is 332 g/mol. The van der Waals surface area contributed by atoms with Crippen molar-refractivity contribution in [2.24, 2.45) is 23.2 Å². The van der Waals surface area contributed by atoms with Crippen LogP contribution in [0.2, 0.25) is 0 Å². The molecule has 4 aliphatic carbocycles. The third-order valence-corrected chi connectivity index (χ3v) is 5.53. The van der Waals surface area contributed by atoms with Crippen LogP contribution in [0.1, 0.15) is 39.0 Å². The summed E-state index contributed by atoms with van der Waals surface area (Å²) in [5, 5.41) is 0. The van der Waals surface area contributed by atoms with E-state index in [0.29, 0.717) is 25.7 Å². The van der Waals surface area contributed by atoms with Crippen LogP contribution in [0.4, 0.5) is 8.78 Å². The Morgan fingerprint density at radius 2 is 1.78 bits per heavy atom. The summed E-state index contributed by atoms with van der Waals surface area (Å²) in [5.74, 6) is -4.93. The highest BCUT2D eigenvalue weighted by Crippen LogP contribution is 2.61. The van der Waals surface area contributed by atoms with Crippen LogP contribution >= 0.6 is 0 Å². The van der Waals surface area contributed by atoms with Crippen LogP contribution < -0.4 is 0 Å². The third-order valence-electron chi connectivity index (χ3n) is 5.53. The van der Waals surface area contributed by atoms with Gasteiger partial charge in [-0.25, -0.2) is 4.79 Å². The van der Waals surface area contributed by atoms with E-state index < -0.39 is 23.4 Å². The van der Waals surface area contributed by atoms with Crippen molar-refractivity contribution in [2.75, 3.05) is 13.9 Å². The highest BCUT2D eigenvalue weighted by molar-refractivity contribution is 5.78. The first-order valence-electron chi connectivity index (χ1n) is 8.00. The molecule has 23 heavy (non-hydrogen) atoms. The number of hydrogen-bond acceptors (Lipinski definition) is 5. The number of methoxy groups -OCH3 is 1. The van der Waals surface area contributed by atoms with E-state index in [9.17, 15) is 18.4 Å². The van der Waals surface area contributed by atoms with E-state index in [-0.39, 0.29) is 24.6 Å². The molecule has 0 saturated heterocycles. The molecule has 0 aromatic heterocycles. The van der Waals surface area contributed by atoms with Crippen LogP contribution in [0.15, 0.2) is 0 Å². The predicted octanol–water partition coefficient (Wildman–Crippen LogP) is 2.53. The van der Waals surface area contributed by atoms with Crippen molar-refractivity contribution in [2.45, 2.75) is 51.1 Å². The lowest BCUT2D eigenvalue weighted by Gasteiger charge is -2.57. The van der Waals surface area contributed by atoms with E-state index in [1.807, 2.05) is 0 Å². The Hall–Kier alpha value is -1.24. The number of ether oxygens (including phenoxy) is 3. The summed E-state index contributed by atoms with van der Waals surface area (Å²) in [7, 11) is 1.45. The first-order valence-corrected chi connectivity index (χ1v) is 8.00. The van der Waals surface area contributed by atoms with Gasteiger partial charge in [-0.15, -0.1) is 0 Å². The van der Waals surface area contributed by atoms with Crippen LogP contribution in [-0.2, 0) is 23.8 Å². The van der Waals surface area contributed by atoms with E-state index in [1.54, 1.807) is 0 Å². The summed E-state index contributed by atoms with van der Waals surface area (Å²) in [5.41, 5.74) is -0.563. The minimum atomic E-state index is -3.48. The minimum Gasteiger partial charge on any atom is -0.457 e. The number of carbonyl (C=O) groups is 2. The zero-order valence-electron chi connectivity index (χ0n) is 13.3. The summed E-state index contributed by atoms with van der Waals surface area (Å²) in [6, 6.07) is 0. The minimum absolute atomic E-state index is 0.0392. The third kappa shape index (κ3) is 2.95. The van der Waals surface area contributed by atoms with Gasteiger partial charge in [-0.05, 0) is 49.9 Å². The molecule has 4 aliphatic rings. The van der Waals surface area contributed by atoms with Crippen molar-refractivity contribution in [3.63, 3.8) is 0 Å². The molecule has 0 heterocycles. The number of alkyl halides is 2. The second-order valence-corrected chi connectivity index (χ2v) is 7.35. The molecule has 5 nitrogen and oxygen atoms in total. The SMILES string of the molecule is COCOC(=O)C12CC3CC(C1)C(OC(=O)C(C)(F)F)C(C3)C2. The molecule has 0 N–H and O–H groups in total. The molecule has 0 aromatic carbocycles. The van der Waals surface area contributed by atoms with Crippen LogP contribution in [0, 0.1) is 23.2 Å². The van der Waals surface area contributed by atoms with Crippen LogP contribution in [0.25, 0.3) is 0 Å². The molecule has 2 atom stereocenters. The number of hydrogen-bond donors (Lipinski definition) is 0. The highest BCUT2D eigenvalue weighted by Gasteiger charge is 2.60. The van der Waals surface area contributed by atoms with Gasteiger partial charge >= 0.3 is 17.9 Å². The lowest BCUT2D eigenvalue weighted by molar-refractivity contribution is -0.210. The maximum Gasteiger partial charge on any atom is 0.376 e. The Bertz CT molecular complexity index is 485. The number of carbonyl (C=O) groups excluding carboxylic acids is 2. The molecule has 4 bridgehead atoms. The van der Waals surface area contributed by atoms with Crippen molar-refractivity contribution >= 4 is 11.9 Å². The number of halogens is 2. The molecule has 130 valence electrons. The summed E-state index contributed by atoms with van der Waals surface area (Å²) >= 11 is 0. The summed E-state index contributed by atoms with van der Waals surface area (Å²) in [6.45, 7) is 0.468. The molecule has 0 aromatic rings. The number of rotatable bonds is 5. The van der Waals surface area contributed by atoms with Crippen molar-refractivity contribution in [3.8, 4) is 0 Å². The van der Waals surface area contributed by atoms with E-state index in [2.05, 4.69) is 0 Å². The Morgan fingerprint density at radius 3 is 2.30 bits per heavy atom. The van der Waals surface area contributed by atoms with E-state index in [1.165, 1.54) is 7.11 Å². The van der Waals surface area contributed by atoms with Gasteiger partial charge in [0.1, 0.15) is 6.10 Å². The van der Waals surface area contributed by atoms with Crippen molar-refractivity contribution in [1.82, 2.24) is 0 Å². The Morgan fingerprint density at radius 1 is 1.17 bits per heavy atom. The predicted molar refractivity (Wildman–Crippen MR) is 74.5 cm³/mol. The van der Waals surface area contributed by atoms with Gasteiger partial charge in [-0.1, -0.05) is 0 Å². The average molecular weight is 332 g/mol. The van der Waals surface area contributed by atoms with Gasteiger partial charge in [0.15, 0.2) is 6.79 Å². The quantitative estimate of drug-likeness (QED) is 0.572. The molecule has 4 saturated carbocycles. The fourth-order valence-corrected chi connectivity index (χ4v) is 4.91. The molecule has 0 aliphatic heterocycles. The van der Waals surface area contributed by atoms with E-state index >= 15 is 0 Å². The maximum absolute atomic E-state index is 13.1. The van der Waals surface area contributed by atoms with Gasteiger partial charge < -0.3 is 14.2 Å². The molecule has 0 amide bonds. The molecule has 2 unspecified atom stereocenters. The topological polar surface area (TPSA) is 61.8 Å². The van der Waals surface area contributed by atoms with Gasteiger partial charge in [-0.3, -0.25) is 4.79 Å². The molecular formula is C16H22F2O5. The smallest absolute Gasteiger partial charge is 0.376 e. The molecular weight excluding hydrogens is 310 g/mol. The van der Waals surface area contributed by atoms with Gasteiger partial charge in [0.05, 0.1) is 5.41 Å². The molecule has 4 rings (SSSR count). The normalized spacial score (nSPS) is 38.4. The van der Waals surface area contributed by atoms with Gasteiger partial charge in [0.25, 0.3) is 0 Å². The standard InChI is InChI=1S/C16H22F2O5/c1-15(17,18)13(19)23-12-10-3-9-4-11(12)7-16(5-9,6-10)14(20)22-8-21-2/h9-12H,3-8H2,1-2H3. The highest BCUT2D eigenvalue weighted by atomic mass is 19.3. The Labute approximate surface area is 133 Å². The van der Waals surface area contributed by atoms with Gasteiger partial charge in [0, 0.05) is 14.0 Å². The maximum atomic E-state index is 13.1. The van der Waals surface area contributed by atoms with Crippen molar-refractivity contribution in [1.29, 1.82) is 0 Å². The lowest BCUT2D eigenvalue weighted by atomic mass is 9.48. The van der Waals surface area contributed by atoms with E-state index in [4.69, 9.17) is 14.2 Å². The average Bonchev–Trinajstić information content (AvgIpc) is 2.46.